The lowest BCUT2D eigenvalue weighted by atomic mass is 9.95. The van der Waals surface area contributed by atoms with Gasteiger partial charge in [-0.15, -0.1) is 0 Å². The Morgan fingerprint density at radius 1 is 0.849 bits per heavy atom. The van der Waals surface area contributed by atoms with E-state index in [-0.39, 0.29) is 35.4 Å². The maximum atomic E-state index is 13.2. The van der Waals surface area contributed by atoms with Crippen molar-refractivity contribution >= 4 is 34.4 Å². The summed E-state index contributed by atoms with van der Waals surface area (Å²) in [7, 11) is 5.07. The molecule has 1 aliphatic carbocycles. The number of amides is 4. The van der Waals surface area contributed by atoms with E-state index in [4.69, 9.17) is 9.47 Å². The van der Waals surface area contributed by atoms with E-state index in [9.17, 15) is 24.0 Å². The van der Waals surface area contributed by atoms with Crippen LogP contribution in [0.25, 0.3) is 21.9 Å². The number of aryl methyl sites for hydroxylation is 1. The van der Waals surface area contributed by atoms with Gasteiger partial charge in [-0.2, -0.15) is 0 Å². The fraction of sp³-hybridized carbons (Fsp3) is 0.366. The molecule has 8 rings (SSSR count). The number of carbonyl (C=O) groups excluding carboxylic acids is 4. The highest BCUT2D eigenvalue weighted by molar-refractivity contribution is 6.23. The number of hydrogen-bond donors (Lipinski definition) is 1. The molecule has 0 radical (unpaired) electrons. The second-order valence-corrected chi connectivity index (χ2v) is 14.3. The molecule has 12 heteroatoms. The maximum absolute atomic E-state index is 13.2. The van der Waals surface area contributed by atoms with Gasteiger partial charge in [-0.05, 0) is 92.5 Å². The molecule has 1 atom stereocenters. The fourth-order valence-electron chi connectivity index (χ4n) is 7.70. The van der Waals surface area contributed by atoms with Crippen LogP contribution in [0, 0.1) is 17.8 Å². The summed E-state index contributed by atoms with van der Waals surface area (Å²) in [6.07, 6.45) is 7.70. The molecule has 53 heavy (non-hydrogen) atoms. The molecule has 3 aliphatic heterocycles. The SMILES string of the molecule is COc1cc(-c2cn(C)c(=O)c3cnc(C4CC4)cc23)cc(OC)c1CN1CCC(C#Cc2ccc3c(c2)C(=O)N(C2CCC(=O)NC2=O)C3=O)CC1. The van der Waals surface area contributed by atoms with Crippen LogP contribution in [0.3, 0.4) is 0 Å². The summed E-state index contributed by atoms with van der Waals surface area (Å²) < 4.78 is 13.5. The highest BCUT2D eigenvalue weighted by Crippen LogP contribution is 2.42. The van der Waals surface area contributed by atoms with E-state index in [0.29, 0.717) is 34.9 Å². The molecule has 270 valence electrons. The number of carbonyl (C=O) groups is 4. The van der Waals surface area contributed by atoms with Gasteiger partial charge in [-0.25, -0.2) is 0 Å². The van der Waals surface area contributed by atoms with Gasteiger partial charge in [0.05, 0.1) is 36.3 Å². The predicted molar refractivity (Wildman–Crippen MR) is 195 cm³/mol. The number of pyridine rings is 2. The van der Waals surface area contributed by atoms with Crippen LogP contribution in [-0.4, -0.2) is 76.3 Å². The second-order valence-electron chi connectivity index (χ2n) is 14.3. The second kappa shape index (κ2) is 13.6. The number of nitrogens with one attached hydrogen (secondary N) is 1. The number of hydrogen-bond acceptors (Lipinski definition) is 9. The molecule has 2 aromatic carbocycles. The fourth-order valence-corrected chi connectivity index (χ4v) is 7.70. The Bertz CT molecular complexity index is 2320. The zero-order chi connectivity index (χ0) is 37.0. The summed E-state index contributed by atoms with van der Waals surface area (Å²) in [5.74, 6) is 6.47. The number of nitrogens with zero attached hydrogens (tertiary/aromatic N) is 4. The third kappa shape index (κ3) is 6.35. The number of benzene rings is 2. The van der Waals surface area contributed by atoms with Gasteiger partial charge < -0.3 is 14.0 Å². The van der Waals surface area contributed by atoms with Crippen molar-refractivity contribution in [1.29, 1.82) is 0 Å². The summed E-state index contributed by atoms with van der Waals surface area (Å²) in [4.78, 5) is 71.2. The van der Waals surface area contributed by atoms with E-state index >= 15 is 0 Å². The van der Waals surface area contributed by atoms with Crippen molar-refractivity contribution in [3.8, 4) is 34.5 Å². The molecule has 1 unspecified atom stereocenters. The van der Waals surface area contributed by atoms with Crippen LogP contribution in [-0.2, 0) is 23.2 Å². The quantitative estimate of drug-likeness (QED) is 0.221. The van der Waals surface area contributed by atoms with Crippen molar-refractivity contribution in [2.75, 3.05) is 27.3 Å². The zero-order valence-electron chi connectivity index (χ0n) is 29.9. The molecule has 4 aliphatic rings. The summed E-state index contributed by atoms with van der Waals surface area (Å²) in [6.45, 7) is 2.25. The Balaban J connectivity index is 0.963. The molecule has 12 nitrogen and oxygen atoms in total. The first-order valence-corrected chi connectivity index (χ1v) is 18.0. The van der Waals surface area contributed by atoms with E-state index < -0.39 is 29.7 Å². The Hall–Kier alpha value is -5.80. The molecule has 4 amide bonds. The monoisotopic (exact) mass is 713 g/mol. The number of aromatic nitrogens is 2. The van der Waals surface area contributed by atoms with Crippen LogP contribution >= 0.6 is 0 Å². The van der Waals surface area contributed by atoms with E-state index in [1.807, 2.05) is 18.3 Å². The lowest BCUT2D eigenvalue weighted by molar-refractivity contribution is -0.136. The van der Waals surface area contributed by atoms with E-state index in [0.717, 1.165) is 71.4 Å². The van der Waals surface area contributed by atoms with Gasteiger partial charge in [0.15, 0.2) is 0 Å². The number of methoxy groups -OCH3 is 2. The zero-order valence-corrected chi connectivity index (χ0v) is 29.9. The van der Waals surface area contributed by atoms with Gasteiger partial charge in [0.1, 0.15) is 17.5 Å². The van der Waals surface area contributed by atoms with Gasteiger partial charge >= 0.3 is 0 Å². The lowest BCUT2D eigenvalue weighted by Gasteiger charge is -2.30. The van der Waals surface area contributed by atoms with Crippen LogP contribution in [0.1, 0.15) is 82.0 Å². The van der Waals surface area contributed by atoms with Crippen molar-refractivity contribution < 1.29 is 28.7 Å². The Morgan fingerprint density at radius 2 is 1.57 bits per heavy atom. The number of piperidine rings is 2. The highest BCUT2D eigenvalue weighted by Gasteiger charge is 2.44. The number of rotatable bonds is 7. The van der Waals surface area contributed by atoms with Gasteiger partial charge in [0.2, 0.25) is 11.8 Å². The number of fused-ring (bicyclic) bond motifs is 2. The topological polar surface area (TPSA) is 140 Å². The minimum atomic E-state index is -1.00. The van der Waals surface area contributed by atoms with Gasteiger partial charge in [-0.1, -0.05) is 11.8 Å². The van der Waals surface area contributed by atoms with Crippen LogP contribution in [0.2, 0.25) is 0 Å². The van der Waals surface area contributed by atoms with E-state index in [2.05, 4.69) is 33.1 Å². The maximum Gasteiger partial charge on any atom is 0.262 e. The average molecular weight is 714 g/mol. The molecule has 4 aromatic rings. The van der Waals surface area contributed by atoms with Crippen molar-refractivity contribution in [3.05, 3.63) is 87.1 Å². The van der Waals surface area contributed by atoms with E-state index in [1.165, 1.54) is 0 Å². The first-order valence-electron chi connectivity index (χ1n) is 18.0. The molecule has 2 saturated heterocycles. The summed E-state index contributed by atoms with van der Waals surface area (Å²) >= 11 is 0. The molecule has 5 heterocycles. The van der Waals surface area contributed by atoms with Crippen LogP contribution in [0.5, 0.6) is 11.5 Å². The van der Waals surface area contributed by atoms with Crippen LogP contribution in [0.4, 0.5) is 0 Å². The molecule has 1 saturated carbocycles. The molecule has 3 fully saturated rings. The first-order chi connectivity index (χ1) is 25.6. The Labute approximate surface area is 306 Å². The first kappa shape index (κ1) is 34.3. The van der Waals surface area contributed by atoms with Crippen molar-refractivity contribution in [1.82, 2.24) is 24.7 Å². The highest BCUT2D eigenvalue weighted by atomic mass is 16.5. The third-order valence-electron chi connectivity index (χ3n) is 10.8. The van der Waals surface area contributed by atoms with Gasteiger partial charge in [0, 0.05) is 61.1 Å². The third-order valence-corrected chi connectivity index (χ3v) is 10.8. The number of ether oxygens (including phenoxy) is 2. The Kier molecular flexibility index (Phi) is 8.82. The molecular weight excluding hydrogens is 674 g/mol. The summed E-state index contributed by atoms with van der Waals surface area (Å²) in [5.41, 5.74) is 4.78. The number of imide groups is 2. The molecule has 2 aromatic heterocycles. The predicted octanol–water partition coefficient (Wildman–Crippen LogP) is 4.16. The average Bonchev–Trinajstić information content (AvgIpc) is 3.99. The van der Waals surface area contributed by atoms with Gasteiger partial charge in [0.25, 0.3) is 17.4 Å². The lowest BCUT2D eigenvalue weighted by Crippen LogP contribution is -2.54. The van der Waals surface area contributed by atoms with Gasteiger partial charge in [-0.3, -0.25) is 44.1 Å². The largest absolute Gasteiger partial charge is 0.496 e. The smallest absolute Gasteiger partial charge is 0.262 e. The minimum absolute atomic E-state index is 0.0713. The molecule has 1 N–H and O–H groups in total. The van der Waals surface area contributed by atoms with Crippen molar-refractivity contribution in [2.45, 2.75) is 57.0 Å². The van der Waals surface area contributed by atoms with Crippen LogP contribution in [0.15, 0.2) is 53.6 Å². The molecular formula is C41H39N5O7. The molecule has 0 spiro atoms. The van der Waals surface area contributed by atoms with Crippen molar-refractivity contribution in [3.63, 3.8) is 0 Å². The number of likely N-dealkylation sites (tertiary alicyclic amines) is 1. The summed E-state index contributed by atoms with van der Waals surface area (Å²) in [6, 6.07) is 10.0. The standard InChI is InChI=1S/C41H39N5O7/c1-44-21-31(28-19-33(25-7-8-25)42-20-30(28)39(44)49)26-17-35(52-2)32(36(18-26)53-3)22-45-14-12-23(13-15-45)4-5-24-6-9-27-29(16-24)41(51)46(40(27)50)34-10-11-37(47)43-38(34)48/h6,9,16-21,23,25,34H,7-8,10-15,22H2,1-3H3,(H,43,47,48). The van der Waals surface area contributed by atoms with Crippen molar-refractivity contribution in [2.24, 2.45) is 13.0 Å². The summed E-state index contributed by atoms with van der Waals surface area (Å²) in [5, 5.41) is 3.68. The van der Waals surface area contributed by atoms with Crippen LogP contribution < -0.4 is 20.3 Å². The van der Waals surface area contributed by atoms with E-state index in [1.54, 1.807) is 50.2 Å². The minimum Gasteiger partial charge on any atom is -0.496 e. The Morgan fingerprint density at radius 3 is 2.25 bits per heavy atom. The molecule has 0 bridgehead atoms. The normalized spacial score (nSPS) is 19.2.